The van der Waals surface area contributed by atoms with Crippen molar-refractivity contribution in [2.24, 2.45) is 0 Å². The van der Waals surface area contributed by atoms with E-state index in [4.69, 9.17) is 0 Å². The molecule has 2 unspecified atom stereocenters. The Morgan fingerprint density at radius 3 is 1.71 bits per heavy atom. The van der Waals surface area contributed by atoms with Gasteiger partial charge in [0.2, 0.25) is 0 Å². The fraction of sp³-hybridized carbons (Fsp3) is 1.00. The summed E-state index contributed by atoms with van der Waals surface area (Å²) in [6.45, 7) is 7.65. The number of nitrogens with zero attached hydrogens (tertiary/aromatic N) is 1. The van der Waals surface area contributed by atoms with Crippen LogP contribution >= 0.6 is 0 Å². The zero-order chi connectivity index (χ0) is 11.0. The fourth-order valence-corrected chi connectivity index (χ4v) is 1.40. The van der Waals surface area contributed by atoms with Gasteiger partial charge in [-0.15, -0.1) is 0 Å². The maximum Gasteiger partial charge on any atom is 0.133 e. The second-order valence-electron chi connectivity index (χ2n) is 3.90. The lowest BCUT2D eigenvalue weighted by Gasteiger charge is -2.29. The molecule has 0 aliphatic heterocycles. The largest absolute Gasteiger partial charge is 0.389 e. The van der Waals surface area contributed by atoms with Crippen LogP contribution in [0.5, 0.6) is 0 Å². The van der Waals surface area contributed by atoms with E-state index in [1.165, 1.54) is 0 Å². The number of aliphatic hydroxyl groups is 2. The molecule has 0 radical (unpaired) electrons. The van der Waals surface area contributed by atoms with Gasteiger partial charge in [-0.25, -0.2) is 0 Å². The monoisotopic (exact) mass is 203 g/mol. The number of hydrogen-bond donors (Lipinski definition) is 2. The van der Waals surface area contributed by atoms with Crippen LogP contribution in [0.15, 0.2) is 0 Å². The van der Waals surface area contributed by atoms with Gasteiger partial charge >= 0.3 is 0 Å². The molecule has 3 heteroatoms. The number of hydrogen-bond acceptors (Lipinski definition) is 3. The number of aliphatic hydroxyl groups excluding tert-OH is 2. The molecule has 0 aliphatic carbocycles. The van der Waals surface area contributed by atoms with Crippen LogP contribution < -0.4 is 0 Å². The normalized spacial score (nSPS) is 15.9. The summed E-state index contributed by atoms with van der Waals surface area (Å²) in [6.07, 6.45) is 3.03. The molecule has 0 amide bonds. The van der Waals surface area contributed by atoms with Gasteiger partial charge in [0.1, 0.15) is 6.23 Å². The van der Waals surface area contributed by atoms with Crippen LogP contribution in [-0.2, 0) is 0 Å². The van der Waals surface area contributed by atoms with E-state index in [1.54, 1.807) is 6.92 Å². The summed E-state index contributed by atoms with van der Waals surface area (Å²) in [4.78, 5) is 1.97. The minimum absolute atomic E-state index is 0.663. The Morgan fingerprint density at radius 1 is 1.00 bits per heavy atom. The fourth-order valence-electron chi connectivity index (χ4n) is 1.40. The minimum atomic E-state index is -0.701. The zero-order valence-electron chi connectivity index (χ0n) is 9.74. The standard InChI is InChI=1S/C11H25NO2/c1-4-6-8-12(9-7-5-2)11(14)10(3)13/h10-11,13-14H,4-9H2,1-3H3. The molecule has 0 spiro atoms. The Morgan fingerprint density at radius 2 is 1.43 bits per heavy atom. The van der Waals surface area contributed by atoms with Crippen molar-refractivity contribution in [3.63, 3.8) is 0 Å². The summed E-state index contributed by atoms with van der Waals surface area (Å²) in [5.41, 5.74) is 0. The highest BCUT2D eigenvalue weighted by Crippen LogP contribution is 2.06. The SMILES string of the molecule is CCCCN(CCCC)C(O)C(C)O. The molecular weight excluding hydrogens is 178 g/mol. The highest BCUT2D eigenvalue weighted by atomic mass is 16.3. The average Bonchev–Trinajstić information content (AvgIpc) is 2.17. The van der Waals surface area contributed by atoms with Crippen molar-refractivity contribution in [1.29, 1.82) is 0 Å². The highest BCUT2D eigenvalue weighted by Gasteiger charge is 2.18. The van der Waals surface area contributed by atoms with Crippen molar-refractivity contribution in [2.75, 3.05) is 13.1 Å². The van der Waals surface area contributed by atoms with E-state index in [0.29, 0.717) is 0 Å². The Balaban J connectivity index is 3.94. The van der Waals surface area contributed by atoms with E-state index in [1.807, 2.05) is 4.90 Å². The van der Waals surface area contributed by atoms with Crippen molar-refractivity contribution in [3.8, 4) is 0 Å². The second-order valence-corrected chi connectivity index (χ2v) is 3.90. The van der Waals surface area contributed by atoms with E-state index in [2.05, 4.69) is 13.8 Å². The first-order valence-electron chi connectivity index (χ1n) is 5.73. The topological polar surface area (TPSA) is 43.7 Å². The van der Waals surface area contributed by atoms with Gasteiger partial charge in [-0.2, -0.15) is 0 Å². The van der Waals surface area contributed by atoms with Crippen molar-refractivity contribution in [1.82, 2.24) is 4.90 Å². The lowest BCUT2D eigenvalue weighted by Crippen LogP contribution is -2.43. The molecule has 0 aromatic carbocycles. The second kappa shape index (κ2) is 8.21. The summed E-state index contributed by atoms with van der Waals surface area (Å²) >= 11 is 0. The van der Waals surface area contributed by atoms with Crippen LogP contribution in [0.2, 0.25) is 0 Å². The Labute approximate surface area is 87.7 Å². The van der Waals surface area contributed by atoms with E-state index in [0.717, 1.165) is 38.8 Å². The van der Waals surface area contributed by atoms with Gasteiger partial charge in [0, 0.05) is 13.1 Å². The minimum Gasteiger partial charge on any atom is -0.389 e. The van der Waals surface area contributed by atoms with Gasteiger partial charge in [0.05, 0.1) is 6.10 Å². The summed E-state index contributed by atoms with van der Waals surface area (Å²) in [7, 11) is 0. The predicted octanol–water partition coefficient (Wildman–Crippen LogP) is 1.59. The molecule has 2 N–H and O–H groups in total. The summed E-state index contributed by atoms with van der Waals surface area (Å²) in [5, 5.41) is 19.0. The Hall–Kier alpha value is -0.120. The van der Waals surface area contributed by atoms with Gasteiger partial charge in [-0.1, -0.05) is 26.7 Å². The van der Waals surface area contributed by atoms with Crippen LogP contribution in [0.25, 0.3) is 0 Å². The molecular formula is C11H25NO2. The lowest BCUT2D eigenvalue weighted by atomic mass is 10.2. The Kier molecular flexibility index (Phi) is 8.14. The number of rotatable bonds is 8. The first-order chi connectivity index (χ1) is 6.63. The van der Waals surface area contributed by atoms with Crippen molar-refractivity contribution in [3.05, 3.63) is 0 Å². The first-order valence-corrected chi connectivity index (χ1v) is 5.73. The van der Waals surface area contributed by atoms with Crippen LogP contribution in [-0.4, -0.2) is 40.5 Å². The molecule has 2 atom stereocenters. The van der Waals surface area contributed by atoms with Crippen molar-refractivity contribution < 1.29 is 10.2 Å². The molecule has 86 valence electrons. The van der Waals surface area contributed by atoms with E-state index in [-0.39, 0.29) is 0 Å². The first kappa shape index (κ1) is 13.9. The van der Waals surface area contributed by atoms with Crippen LogP contribution in [0, 0.1) is 0 Å². The maximum atomic E-state index is 9.72. The molecule has 0 saturated carbocycles. The van der Waals surface area contributed by atoms with Crippen molar-refractivity contribution >= 4 is 0 Å². The quantitative estimate of drug-likeness (QED) is 0.589. The summed E-state index contributed by atoms with van der Waals surface area (Å²) in [6, 6.07) is 0. The third-order valence-electron chi connectivity index (χ3n) is 2.40. The van der Waals surface area contributed by atoms with Gasteiger partial charge in [-0.3, -0.25) is 4.90 Å². The molecule has 0 aliphatic rings. The van der Waals surface area contributed by atoms with Crippen LogP contribution in [0.1, 0.15) is 46.5 Å². The molecule has 0 rings (SSSR count). The van der Waals surface area contributed by atoms with Gasteiger partial charge in [0.25, 0.3) is 0 Å². The molecule has 14 heavy (non-hydrogen) atoms. The van der Waals surface area contributed by atoms with Gasteiger partial charge in [-0.05, 0) is 19.8 Å². The van der Waals surface area contributed by atoms with Gasteiger partial charge in [0.15, 0.2) is 0 Å². The third kappa shape index (κ3) is 5.58. The van der Waals surface area contributed by atoms with Crippen LogP contribution in [0.3, 0.4) is 0 Å². The van der Waals surface area contributed by atoms with E-state index >= 15 is 0 Å². The molecule has 0 bridgehead atoms. The Bertz CT molecular complexity index is 120. The molecule has 0 fully saturated rings. The molecule has 0 aromatic heterocycles. The number of unbranched alkanes of at least 4 members (excludes halogenated alkanes) is 2. The highest BCUT2D eigenvalue weighted by molar-refractivity contribution is 4.66. The third-order valence-corrected chi connectivity index (χ3v) is 2.40. The molecule has 0 aromatic rings. The molecule has 0 heterocycles. The lowest BCUT2D eigenvalue weighted by molar-refractivity contribution is -0.0764. The zero-order valence-corrected chi connectivity index (χ0v) is 9.74. The van der Waals surface area contributed by atoms with Crippen molar-refractivity contribution in [2.45, 2.75) is 58.8 Å². The van der Waals surface area contributed by atoms with E-state index in [9.17, 15) is 10.2 Å². The molecule has 0 saturated heterocycles. The smallest absolute Gasteiger partial charge is 0.133 e. The van der Waals surface area contributed by atoms with Crippen LogP contribution in [0.4, 0.5) is 0 Å². The van der Waals surface area contributed by atoms with Gasteiger partial charge < -0.3 is 10.2 Å². The molecule has 3 nitrogen and oxygen atoms in total. The average molecular weight is 203 g/mol. The predicted molar refractivity (Wildman–Crippen MR) is 59.1 cm³/mol. The summed E-state index contributed by atoms with van der Waals surface area (Å²) < 4.78 is 0. The maximum absolute atomic E-state index is 9.72. The van der Waals surface area contributed by atoms with E-state index < -0.39 is 12.3 Å². The summed E-state index contributed by atoms with van der Waals surface area (Å²) in [5.74, 6) is 0.